The van der Waals surface area contributed by atoms with Crippen LogP contribution in [0.15, 0.2) is 0 Å². The van der Waals surface area contributed by atoms with E-state index in [-0.39, 0.29) is 0 Å². The Morgan fingerprint density at radius 3 is 1.00 bits per heavy atom. The quantitative estimate of drug-likeness (QED) is 0.309. The van der Waals surface area contributed by atoms with Gasteiger partial charge in [0.1, 0.15) is 14.1 Å². The van der Waals surface area contributed by atoms with Crippen LogP contribution in [0.3, 0.4) is 0 Å². The zero-order valence-corrected chi connectivity index (χ0v) is 14.0. The van der Waals surface area contributed by atoms with Crippen LogP contribution in [-0.2, 0) is 0 Å². The first-order chi connectivity index (χ1) is 4.72. The van der Waals surface area contributed by atoms with Crippen LogP contribution in [0.1, 0.15) is 0 Å². The Labute approximate surface area is 96.6 Å². The summed E-state index contributed by atoms with van der Waals surface area (Å²) in [5.74, 6) is 0. The van der Waals surface area contributed by atoms with Crippen molar-refractivity contribution in [1.82, 2.24) is 0 Å². The zero-order valence-electron chi connectivity index (χ0n) is 6.12. The van der Waals surface area contributed by atoms with Gasteiger partial charge in [-0.3, -0.25) is 0 Å². The molecule has 12 heavy (non-hydrogen) atoms. The average molecular weight is 427 g/mol. The topological polar surface area (TPSA) is 3.01 Å². The number of nitrogens with zero attached hydrogens (tertiary/aromatic N) is 1. The Hall–Kier alpha value is 2.52. The first kappa shape index (κ1) is 16.9. The van der Waals surface area contributed by atoms with Crippen LogP contribution in [0.5, 0.6) is 0 Å². The van der Waals surface area contributed by atoms with E-state index < -0.39 is 9.14 Å². The van der Waals surface area contributed by atoms with Gasteiger partial charge in [0.05, 0.1) is 0 Å². The SMILES string of the molecule is C[N+](C)=CCl.[Cl][Sb-]([Cl])([Cl])([Cl])([Cl])[Cl]. The first-order valence-electron chi connectivity index (χ1n) is 2.39. The van der Waals surface area contributed by atoms with Crippen molar-refractivity contribution >= 4 is 79.4 Å². The molecule has 0 spiro atoms. The number of hydrogen-bond donors (Lipinski definition) is 0. The minimum absolute atomic E-state index is 1.47. The minimum atomic E-state index is -5.42. The summed E-state index contributed by atoms with van der Waals surface area (Å²) < 4.78 is 1.77. The molecule has 0 aliphatic heterocycles. The van der Waals surface area contributed by atoms with Gasteiger partial charge in [-0.25, -0.2) is 4.58 Å². The summed E-state index contributed by atoms with van der Waals surface area (Å²) in [6.45, 7) is 0. The van der Waals surface area contributed by atoms with Crippen molar-refractivity contribution in [3.05, 3.63) is 0 Å². The van der Waals surface area contributed by atoms with Gasteiger partial charge in [-0.2, -0.15) is 0 Å². The molecule has 78 valence electrons. The van der Waals surface area contributed by atoms with Crippen molar-refractivity contribution in [3.8, 4) is 0 Å². The third kappa shape index (κ3) is 81.4. The van der Waals surface area contributed by atoms with Crippen molar-refractivity contribution in [3.63, 3.8) is 0 Å². The molecule has 0 N–H and O–H groups in total. The molecule has 0 aromatic rings. The fourth-order valence-electron chi connectivity index (χ4n) is 0. The van der Waals surface area contributed by atoms with Crippen molar-refractivity contribution in [2.24, 2.45) is 0 Å². The molecule has 0 saturated carbocycles. The summed E-state index contributed by atoms with van der Waals surface area (Å²) in [6.07, 6.45) is 0. The monoisotopic (exact) mass is 423 g/mol. The van der Waals surface area contributed by atoms with E-state index in [2.05, 4.69) is 0 Å². The molecule has 0 heterocycles. The third-order valence-electron chi connectivity index (χ3n) is 0.195. The Kier molecular flexibility index (Phi) is 6.45. The molecule has 0 bridgehead atoms. The molecule has 0 aliphatic carbocycles. The molecule has 0 atom stereocenters. The van der Waals surface area contributed by atoms with Gasteiger partial charge in [0.25, 0.3) is 0 Å². The molecule has 0 aromatic carbocycles. The Bertz CT molecular complexity index is 158. The predicted octanol–water partition coefficient (Wildman–Crippen LogP) is 4.28. The summed E-state index contributed by atoms with van der Waals surface area (Å²) in [6, 6.07) is 0. The van der Waals surface area contributed by atoms with E-state index in [0.29, 0.717) is 0 Å². The Morgan fingerprint density at radius 1 is 0.917 bits per heavy atom. The van der Waals surface area contributed by atoms with Crippen LogP contribution in [0.2, 0.25) is 0 Å². The Morgan fingerprint density at radius 2 is 1.00 bits per heavy atom. The van der Waals surface area contributed by atoms with Gasteiger partial charge in [0.15, 0.2) is 0 Å². The van der Waals surface area contributed by atoms with E-state index in [1.54, 1.807) is 4.58 Å². The molecule has 0 aromatic heterocycles. The van der Waals surface area contributed by atoms with Crippen LogP contribution < -0.4 is 0 Å². The fourth-order valence-corrected chi connectivity index (χ4v) is 0. The third-order valence-corrected chi connectivity index (χ3v) is 0.586. The van der Waals surface area contributed by atoms with Crippen molar-refractivity contribution < 1.29 is 4.58 Å². The average Bonchev–Trinajstić information content (AvgIpc) is 1.56. The van der Waals surface area contributed by atoms with Gasteiger partial charge in [-0.15, -0.1) is 0 Å². The molecular weight excluding hydrogens is 420 g/mol. The van der Waals surface area contributed by atoms with E-state index in [9.17, 15) is 0 Å². The summed E-state index contributed by atoms with van der Waals surface area (Å²) >= 11 is 5.14. The van der Waals surface area contributed by atoms with E-state index in [0.717, 1.165) is 0 Å². The zero-order chi connectivity index (χ0) is 10.7. The number of hydrogen-bond acceptors (Lipinski definition) is 0. The standard InChI is InChI=1S/C3H7ClN.6ClH.Sb/c1-5(2)3-4;;;;;;;/h3H,1-2H3;6*1H;/q+1;;;;;;;+5/p-6. The molecule has 0 unspecified atom stereocenters. The number of halogens is 7. The summed E-state index contributed by atoms with van der Waals surface area (Å²) in [4.78, 5) is 0. The molecule has 0 radical (unpaired) electrons. The van der Waals surface area contributed by atoms with Gasteiger partial charge in [-0.05, 0) is 11.6 Å². The van der Waals surface area contributed by atoms with Crippen molar-refractivity contribution in [1.29, 1.82) is 0 Å². The van der Waals surface area contributed by atoms with Crippen LogP contribution >= 0.6 is 64.6 Å². The van der Waals surface area contributed by atoms with E-state index in [1.807, 2.05) is 14.1 Å². The first-order valence-corrected chi connectivity index (χ1v) is 22.2. The van der Waals surface area contributed by atoms with Crippen LogP contribution in [-0.4, -0.2) is 33.5 Å². The van der Waals surface area contributed by atoms with Crippen LogP contribution in [0.25, 0.3) is 0 Å². The van der Waals surface area contributed by atoms with Gasteiger partial charge >= 0.3 is 62.1 Å². The Balaban J connectivity index is 0. The predicted molar refractivity (Wildman–Crippen MR) is 64.9 cm³/mol. The summed E-state index contributed by atoms with van der Waals surface area (Å²) in [5, 5.41) is 0. The van der Waals surface area contributed by atoms with Crippen LogP contribution in [0, 0.1) is 0 Å². The molecule has 0 saturated heterocycles. The molecule has 1 nitrogen and oxygen atoms in total. The second-order valence-corrected chi connectivity index (χ2v) is 59.1. The second-order valence-electron chi connectivity index (χ2n) is 2.02. The number of rotatable bonds is 0. The molecule has 0 fully saturated rings. The van der Waals surface area contributed by atoms with Crippen molar-refractivity contribution in [2.75, 3.05) is 14.1 Å². The van der Waals surface area contributed by atoms with Crippen LogP contribution in [0.4, 0.5) is 0 Å². The van der Waals surface area contributed by atoms with Crippen molar-refractivity contribution in [2.45, 2.75) is 0 Å². The summed E-state index contributed by atoms with van der Waals surface area (Å²) in [7, 11) is 28.7. The molecular formula is C3H7Cl7NSb. The maximum absolute atomic E-state index is 5.42. The summed E-state index contributed by atoms with van der Waals surface area (Å²) in [5.41, 5.74) is 1.47. The molecule has 9 heteroatoms. The molecule has 0 amide bonds. The van der Waals surface area contributed by atoms with Gasteiger partial charge in [0.2, 0.25) is 5.67 Å². The van der Waals surface area contributed by atoms with E-state index in [1.165, 1.54) is 5.67 Å². The van der Waals surface area contributed by atoms with Gasteiger partial charge < -0.3 is 0 Å². The van der Waals surface area contributed by atoms with Gasteiger partial charge in [-0.1, -0.05) is 0 Å². The second kappa shape index (κ2) is 4.57. The maximum atomic E-state index is 5.14. The van der Waals surface area contributed by atoms with Gasteiger partial charge in [0, 0.05) is 0 Å². The molecule has 0 aliphatic rings. The fraction of sp³-hybridized carbons (Fsp3) is 0.667. The normalized spacial score (nSPS) is 16.4. The van der Waals surface area contributed by atoms with E-state index >= 15 is 0 Å². The van der Waals surface area contributed by atoms with E-state index in [4.69, 9.17) is 64.6 Å². The molecule has 0 rings (SSSR count).